The van der Waals surface area contributed by atoms with Gasteiger partial charge in [-0.05, 0) is 30.2 Å². The summed E-state index contributed by atoms with van der Waals surface area (Å²) in [4.78, 5) is 23.1. The zero-order chi connectivity index (χ0) is 14.4. The molecule has 0 aromatic heterocycles. The predicted molar refractivity (Wildman–Crippen MR) is 76.0 cm³/mol. The van der Waals surface area contributed by atoms with E-state index in [2.05, 4.69) is 10.6 Å². The van der Waals surface area contributed by atoms with Crippen LogP contribution in [0.2, 0.25) is 5.02 Å². The number of hydrogen-bond donors (Lipinski definition) is 3. The molecular weight excluding hydrogens is 266 g/mol. The third kappa shape index (κ3) is 4.79. The van der Waals surface area contributed by atoms with Crippen molar-refractivity contribution >= 4 is 29.2 Å². The highest BCUT2D eigenvalue weighted by molar-refractivity contribution is 6.30. The number of primary amides is 1. The number of anilines is 1. The van der Waals surface area contributed by atoms with Gasteiger partial charge in [-0.15, -0.1) is 0 Å². The number of urea groups is 1. The SMILES string of the molecule is CC[C@H](C)[C@@H](NC(N)=O)C(=O)Nc1ccc(Cl)cc1. The first-order valence-electron chi connectivity index (χ1n) is 6.06. The smallest absolute Gasteiger partial charge is 0.312 e. The second kappa shape index (κ2) is 6.99. The highest BCUT2D eigenvalue weighted by atomic mass is 35.5. The zero-order valence-electron chi connectivity index (χ0n) is 10.9. The van der Waals surface area contributed by atoms with Crippen molar-refractivity contribution in [3.63, 3.8) is 0 Å². The molecule has 0 radical (unpaired) electrons. The standard InChI is InChI=1S/C13H18ClN3O2/c1-3-8(2)11(17-13(15)19)12(18)16-10-6-4-9(14)5-7-10/h4-8,11H,3H2,1-2H3,(H,16,18)(H3,15,17,19)/t8-,11+/m0/s1. The lowest BCUT2D eigenvalue weighted by Gasteiger charge is -2.22. The van der Waals surface area contributed by atoms with Crippen molar-refractivity contribution in [2.45, 2.75) is 26.3 Å². The lowest BCUT2D eigenvalue weighted by Crippen LogP contribution is -2.49. The summed E-state index contributed by atoms with van der Waals surface area (Å²) in [5, 5.41) is 5.77. The van der Waals surface area contributed by atoms with Crippen molar-refractivity contribution in [1.82, 2.24) is 5.32 Å². The number of hydrogen-bond acceptors (Lipinski definition) is 2. The molecule has 0 saturated carbocycles. The fourth-order valence-electron chi connectivity index (χ4n) is 1.61. The van der Waals surface area contributed by atoms with E-state index in [1.54, 1.807) is 24.3 Å². The molecule has 4 N–H and O–H groups in total. The largest absolute Gasteiger partial charge is 0.352 e. The first-order valence-corrected chi connectivity index (χ1v) is 6.44. The summed E-state index contributed by atoms with van der Waals surface area (Å²) in [6.45, 7) is 3.82. The van der Waals surface area contributed by atoms with E-state index in [1.807, 2.05) is 13.8 Å². The molecule has 0 saturated heterocycles. The molecule has 0 spiro atoms. The van der Waals surface area contributed by atoms with Crippen LogP contribution in [0.4, 0.5) is 10.5 Å². The van der Waals surface area contributed by atoms with Crippen LogP contribution in [-0.4, -0.2) is 18.0 Å². The average molecular weight is 284 g/mol. The third-order valence-electron chi connectivity index (χ3n) is 2.90. The second-order valence-corrected chi connectivity index (χ2v) is 4.80. The topological polar surface area (TPSA) is 84.2 Å². The Morgan fingerprint density at radius 1 is 1.32 bits per heavy atom. The minimum atomic E-state index is -0.712. The van der Waals surface area contributed by atoms with Gasteiger partial charge in [-0.25, -0.2) is 4.79 Å². The number of nitrogens with one attached hydrogen (secondary N) is 2. The van der Waals surface area contributed by atoms with Gasteiger partial charge in [0, 0.05) is 10.7 Å². The van der Waals surface area contributed by atoms with Crippen LogP contribution in [0.1, 0.15) is 20.3 Å². The summed E-state index contributed by atoms with van der Waals surface area (Å²) < 4.78 is 0. The summed E-state index contributed by atoms with van der Waals surface area (Å²) in [6.07, 6.45) is 0.749. The van der Waals surface area contributed by atoms with Crippen LogP contribution in [0.3, 0.4) is 0 Å². The van der Waals surface area contributed by atoms with Gasteiger partial charge in [-0.2, -0.15) is 0 Å². The molecule has 0 aliphatic carbocycles. The third-order valence-corrected chi connectivity index (χ3v) is 3.16. The molecule has 3 amide bonds. The van der Waals surface area contributed by atoms with Crippen molar-refractivity contribution in [2.75, 3.05) is 5.32 Å². The summed E-state index contributed by atoms with van der Waals surface area (Å²) >= 11 is 5.77. The monoisotopic (exact) mass is 283 g/mol. The quantitative estimate of drug-likeness (QED) is 0.775. The fourth-order valence-corrected chi connectivity index (χ4v) is 1.73. The van der Waals surface area contributed by atoms with E-state index in [1.165, 1.54) is 0 Å². The van der Waals surface area contributed by atoms with Crippen LogP contribution in [-0.2, 0) is 4.79 Å². The van der Waals surface area contributed by atoms with E-state index in [-0.39, 0.29) is 11.8 Å². The molecule has 1 rings (SSSR count). The Morgan fingerprint density at radius 2 is 1.89 bits per heavy atom. The van der Waals surface area contributed by atoms with Crippen molar-refractivity contribution in [3.8, 4) is 0 Å². The van der Waals surface area contributed by atoms with Gasteiger partial charge in [-0.1, -0.05) is 31.9 Å². The number of carbonyl (C=O) groups excluding carboxylic acids is 2. The van der Waals surface area contributed by atoms with Crippen LogP contribution in [0.15, 0.2) is 24.3 Å². The van der Waals surface area contributed by atoms with Crippen molar-refractivity contribution in [2.24, 2.45) is 11.7 Å². The molecule has 5 nitrogen and oxygen atoms in total. The minimum Gasteiger partial charge on any atom is -0.352 e. The van der Waals surface area contributed by atoms with E-state index in [0.29, 0.717) is 10.7 Å². The molecule has 1 aromatic carbocycles. The maximum atomic E-state index is 12.1. The van der Waals surface area contributed by atoms with E-state index in [4.69, 9.17) is 17.3 Å². The van der Waals surface area contributed by atoms with Gasteiger partial charge >= 0.3 is 6.03 Å². The molecule has 0 bridgehead atoms. The van der Waals surface area contributed by atoms with Crippen molar-refractivity contribution in [3.05, 3.63) is 29.3 Å². The maximum Gasteiger partial charge on any atom is 0.312 e. The van der Waals surface area contributed by atoms with Gasteiger partial charge < -0.3 is 16.4 Å². The van der Waals surface area contributed by atoms with Gasteiger partial charge in [0.1, 0.15) is 6.04 Å². The van der Waals surface area contributed by atoms with Crippen molar-refractivity contribution in [1.29, 1.82) is 0 Å². The molecule has 1 aromatic rings. The lowest BCUT2D eigenvalue weighted by atomic mass is 9.98. The van der Waals surface area contributed by atoms with Gasteiger partial charge in [0.05, 0.1) is 0 Å². The van der Waals surface area contributed by atoms with Crippen LogP contribution in [0, 0.1) is 5.92 Å². The molecule has 104 valence electrons. The van der Waals surface area contributed by atoms with Crippen LogP contribution >= 0.6 is 11.6 Å². The summed E-state index contributed by atoms with van der Waals surface area (Å²) in [5.41, 5.74) is 5.71. The number of carbonyl (C=O) groups is 2. The molecule has 0 heterocycles. The molecule has 0 aliphatic rings. The average Bonchev–Trinajstić information content (AvgIpc) is 2.37. The van der Waals surface area contributed by atoms with E-state index in [0.717, 1.165) is 6.42 Å². The number of benzene rings is 1. The number of rotatable bonds is 5. The van der Waals surface area contributed by atoms with Gasteiger partial charge in [0.25, 0.3) is 0 Å². The number of halogens is 1. The Labute approximate surface area is 117 Å². The Morgan fingerprint density at radius 3 is 2.37 bits per heavy atom. The normalized spacial score (nSPS) is 13.4. The van der Waals surface area contributed by atoms with Crippen LogP contribution < -0.4 is 16.4 Å². The molecule has 0 unspecified atom stereocenters. The van der Waals surface area contributed by atoms with E-state index in [9.17, 15) is 9.59 Å². The first kappa shape index (κ1) is 15.3. The maximum absolute atomic E-state index is 12.1. The van der Waals surface area contributed by atoms with Gasteiger partial charge in [0.2, 0.25) is 5.91 Å². The molecule has 19 heavy (non-hydrogen) atoms. The molecule has 0 aliphatic heterocycles. The predicted octanol–water partition coefficient (Wildman–Crippen LogP) is 2.36. The number of nitrogens with two attached hydrogens (primary N) is 1. The van der Waals surface area contributed by atoms with Gasteiger partial charge in [-0.3, -0.25) is 4.79 Å². The minimum absolute atomic E-state index is 0.0141. The second-order valence-electron chi connectivity index (χ2n) is 4.37. The summed E-state index contributed by atoms with van der Waals surface area (Å²) in [5.74, 6) is -0.310. The van der Waals surface area contributed by atoms with E-state index < -0.39 is 12.1 Å². The molecular formula is C13H18ClN3O2. The molecule has 2 atom stereocenters. The Balaban J connectivity index is 2.76. The summed E-state index contributed by atoms with van der Waals surface area (Å²) in [7, 11) is 0. The fraction of sp³-hybridized carbons (Fsp3) is 0.385. The zero-order valence-corrected chi connectivity index (χ0v) is 11.7. The Bertz CT molecular complexity index is 448. The van der Waals surface area contributed by atoms with Gasteiger partial charge in [0.15, 0.2) is 0 Å². The summed E-state index contributed by atoms with van der Waals surface area (Å²) in [6, 6.07) is 5.37. The number of amides is 3. The highest BCUT2D eigenvalue weighted by Gasteiger charge is 2.25. The van der Waals surface area contributed by atoms with Crippen molar-refractivity contribution < 1.29 is 9.59 Å². The van der Waals surface area contributed by atoms with E-state index >= 15 is 0 Å². The first-order chi connectivity index (χ1) is 8.93. The van der Waals surface area contributed by atoms with Crippen LogP contribution in [0.25, 0.3) is 0 Å². The Hall–Kier alpha value is -1.75. The Kier molecular flexibility index (Phi) is 5.63. The molecule has 0 fully saturated rings. The lowest BCUT2D eigenvalue weighted by molar-refractivity contribution is -0.119. The molecule has 6 heteroatoms. The highest BCUT2D eigenvalue weighted by Crippen LogP contribution is 2.15. The van der Waals surface area contributed by atoms with Crippen LogP contribution in [0.5, 0.6) is 0 Å².